The van der Waals surface area contributed by atoms with E-state index >= 15 is 0 Å². The van der Waals surface area contributed by atoms with E-state index in [0.717, 1.165) is 37.2 Å². The summed E-state index contributed by atoms with van der Waals surface area (Å²) in [4.78, 5) is 12.4. The van der Waals surface area contributed by atoms with Crippen molar-refractivity contribution in [2.75, 3.05) is 6.61 Å². The molecule has 0 bridgehead atoms. The highest BCUT2D eigenvalue weighted by atomic mass is 16.5. The Kier molecular flexibility index (Phi) is 5.56. The summed E-state index contributed by atoms with van der Waals surface area (Å²) in [5, 5.41) is 0. The van der Waals surface area contributed by atoms with E-state index in [1.165, 1.54) is 5.56 Å². The average Bonchev–Trinajstić information content (AvgIpc) is 2.55. The van der Waals surface area contributed by atoms with Crippen molar-refractivity contribution in [2.24, 2.45) is 0 Å². The molecule has 2 aromatic rings. The minimum Gasteiger partial charge on any atom is -0.494 e. The first-order valence-corrected chi connectivity index (χ1v) is 7.61. The first kappa shape index (κ1) is 15.3. The summed E-state index contributed by atoms with van der Waals surface area (Å²) in [7, 11) is 0. The standard InChI is InChI=1S/C19H22O2/c1-3-5-13-21-18-11-9-16(10-12-18)19(20)17-8-6-7-15(4-2)14-17/h6-12,14H,3-5,13H2,1-2H3. The molecule has 2 rings (SSSR count). The average molecular weight is 282 g/mol. The van der Waals surface area contributed by atoms with Gasteiger partial charge in [0.25, 0.3) is 0 Å². The first-order valence-electron chi connectivity index (χ1n) is 7.61. The Bertz CT molecular complexity index is 585. The smallest absolute Gasteiger partial charge is 0.193 e. The molecule has 0 aliphatic rings. The molecule has 0 aromatic heterocycles. The maximum absolute atomic E-state index is 12.4. The Balaban J connectivity index is 2.08. The Hall–Kier alpha value is -2.09. The van der Waals surface area contributed by atoms with Gasteiger partial charge in [-0.25, -0.2) is 0 Å². The van der Waals surface area contributed by atoms with Gasteiger partial charge < -0.3 is 4.74 Å². The molecule has 2 heteroatoms. The van der Waals surface area contributed by atoms with Crippen LogP contribution < -0.4 is 4.74 Å². The normalized spacial score (nSPS) is 10.4. The lowest BCUT2D eigenvalue weighted by atomic mass is 10.0. The molecule has 0 aliphatic carbocycles. The lowest BCUT2D eigenvalue weighted by Gasteiger charge is -2.07. The van der Waals surface area contributed by atoms with Crippen LogP contribution in [0.2, 0.25) is 0 Å². The van der Waals surface area contributed by atoms with E-state index in [2.05, 4.69) is 13.8 Å². The summed E-state index contributed by atoms with van der Waals surface area (Å²) in [5.41, 5.74) is 2.63. The van der Waals surface area contributed by atoms with Gasteiger partial charge in [-0.05, 0) is 48.7 Å². The fraction of sp³-hybridized carbons (Fsp3) is 0.316. The minimum absolute atomic E-state index is 0.0606. The van der Waals surface area contributed by atoms with Gasteiger partial charge in [0.05, 0.1) is 6.61 Å². The van der Waals surface area contributed by atoms with Crippen molar-refractivity contribution < 1.29 is 9.53 Å². The molecular weight excluding hydrogens is 260 g/mol. The number of hydrogen-bond donors (Lipinski definition) is 0. The molecule has 110 valence electrons. The number of carbonyl (C=O) groups is 1. The lowest BCUT2D eigenvalue weighted by Crippen LogP contribution is -2.02. The number of aryl methyl sites for hydroxylation is 1. The Morgan fingerprint density at radius 1 is 1.00 bits per heavy atom. The molecule has 0 unspecified atom stereocenters. The number of hydrogen-bond acceptors (Lipinski definition) is 2. The molecule has 21 heavy (non-hydrogen) atoms. The highest BCUT2D eigenvalue weighted by molar-refractivity contribution is 6.09. The maximum Gasteiger partial charge on any atom is 0.193 e. The number of unbranched alkanes of at least 4 members (excludes halogenated alkanes) is 1. The van der Waals surface area contributed by atoms with Gasteiger partial charge in [0.2, 0.25) is 0 Å². The number of ketones is 1. The van der Waals surface area contributed by atoms with Gasteiger partial charge in [-0.3, -0.25) is 4.79 Å². The summed E-state index contributed by atoms with van der Waals surface area (Å²) >= 11 is 0. The fourth-order valence-electron chi connectivity index (χ4n) is 2.14. The molecule has 0 fully saturated rings. The highest BCUT2D eigenvalue weighted by Crippen LogP contribution is 2.17. The summed E-state index contributed by atoms with van der Waals surface area (Å²) in [5.74, 6) is 0.882. The summed E-state index contributed by atoms with van der Waals surface area (Å²) < 4.78 is 5.61. The summed E-state index contributed by atoms with van der Waals surface area (Å²) in [6.45, 7) is 4.95. The van der Waals surface area contributed by atoms with Crippen LogP contribution in [0, 0.1) is 0 Å². The van der Waals surface area contributed by atoms with Crippen molar-refractivity contribution >= 4 is 5.78 Å². The number of carbonyl (C=O) groups excluding carboxylic acids is 1. The number of benzene rings is 2. The quantitative estimate of drug-likeness (QED) is 0.545. The molecule has 0 aliphatic heterocycles. The largest absolute Gasteiger partial charge is 0.494 e. The first-order chi connectivity index (χ1) is 10.2. The van der Waals surface area contributed by atoms with Crippen molar-refractivity contribution in [3.63, 3.8) is 0 Å². The van der Waals surface area contributed by atoms with Crippen LogP contribution >= 0.6 is 0 Å². The van der Waals surface area contributed by atoms with Crippen molar-refractivity contribution in [3.05, 3.63) is 65.2 Å². The molecule has 0 heterocycles. The van der Waals surface area contributed by atoms with Crippen LogP contribution in [0.3, 0.4) is 0 Å². The zero-order valence-corrected chi connectivity index (χ0v) is 12.8. The van der Waals surface area contributed by atoms with E-state index in [1.807, 2.05) is 48.5 Å². The van der Waals surface area contributed by atoms with Crippen LogP contribution in [0.4, 0.5) is 0 Å². The monoisotopic (exact) mass is 282 g/mol. The molecule has 2 nitrogen and oxygen atoms in total. The molecule has 0 saturated carbocycles. The van der Waals surface area contributed by atoms with E-state index in [4.69, 9.17) is 4.74 Å². The van der Waals surface area contributed by atoms with Crippen molar-refractivity contribution in [1.29, 1.82) is 0 Å². The second-order valence-corrected chi connectivity index (χ2v) is 5.11. The van der Waals surface area contributed by atoms with E-state index in [0.29, 0.717) is 5.56 Å². The Labute approximate surface area is 126 Å². The zero-order chi connectivity index (χ0) is 15.1. The predicted molar refractivity (Wildman–Crippen MR) is 86.1 cm³/mol. The molecule has 0 atom stereocenters. The van der Waals surface area contributed by atoms with Gasteiger partial charge >= 0.3 is 0 Å². The number of rotatable bonds is 7. The topological polar surface area (TPSA) is 26.3 Å². The van der Waals surface area contributed by atoms with Crippen LogP contribution in [0.15, 0.2) is 48.5 Å². The maximum atomic E-state index is 12.4. The van der Waals surface area contributed by atoms with Gasteiger partial charge in [-0.1, -0.05) is 38.5 Å². The molecule has 0 saturated heterocycles. The predicted octanol–water partition coefficient (Wildman–Crippen LogP) is 4.66. The van der Waals surface area contributed by atoms with Crippen LogP contribution in [0.1, 0.15) is 48.2 Å². The second kappa shape index (κ2) is 7.63. The second-order valence-electron chi connectivity index (χ2n) is 5.11. The van der Waals surface area contributed by atoms with E-state index < -0.39 is 0 Å². The molecule has 0 amide bonds. The van der Waals surface area contributed by atoms with Gasteiger partial charge in [-0.2, -0.15) is 0 Å². The fourth-order valence-corrected chi connectivity index (χ4v) is 2.14. The van der Waals surface area contributed by atoms with Crippen LogP contribution in [0.25, 0.3) is 0 Å². The van der Waals surface area contributed by atoms with Crippen LogP contribution in [-0.2, 0) is 6.42 Å². The third kappa shape index (κ3) is 4.19. The third-order valence-electron chi connectivity index (χ3n) is 3.48. The highest BCUT2D eigenvalue weighted by Gasteiger charge is 2.09. The SMILES string of the molecule is CCCCOc1ccc(C(=O)c2cccc(CC)c2)cc1. The van der Waals surface area contributed by atoms with E-state index in [-0.39, 0.29) is 5.78 Å². The van der Waals surface area contributed by atoms with Crippen molar-refractivity contribution in [1.82, 2.24) is 0 Å². The summed E-state index contributed by atoms with van der Waals surface area (Å²) in [6, 6.07) is 15.2. The van der Waals surface area contributed by atoms with Crippen molar-refractivity contribution in [2.45, 2.75) is 33.1 Å². The van der Waals surface area contributed by atoms with Gasteiger partial charge in [0.1, 0.15) is 5.75 Å². The molecular formula is C19H22O2. The Morgan fingerprint density at radius 3 is 2.43 bits per heavy atom. The van der Waals surface area contributed by atoms with Gasteiger partial charge in [-0.15, -0.1) is 0 Å². The van der Waals surface area contributed by atoms with Crippen LogP contribution in [-0.4, -0.2) is 12.4 Å². The Morgan fingerprint density at radius 2 is 1.76 bits per heavy atom. The molecule has 0 N–H and O–H groups in total. The van der Waals surface area contributed by atoms with E-state index in [9.17, 15) is 4.79 Å². The molecule has 0 radical (unpaired) electrons. The third-order valence-corrected chi connectivity index (χ3v) is 3.48. The number of ether oxygens (including phenoxy) is 1. The minimum atomic E-state index is 0.0606. The lowest BCUT2D eigenvalue weighted by molar-refractivity contribution is 0.103. The van der Waals surface area contributed by atoms with Crippen LogP contribution in [0.5, 0.6) is 5.75 Å². The molecule has 0 spiro atoms. The molecule has 2 aromatic carbocycles. The summed E-state index contributed by atoms with van der Waals surface area (Å²) in [6.07, 6.45) is 3.10. The van der Waals surface area contributed by atoms with E-state index in [1.54, 1.807) is 0 Å². The zero-order valence-electron chi connectivity index (χ0n) is 12.8. The van der Waals surface area contributed by atoms with Gasteiger partial charge in [0, 0.05) is 11.1 Å². The van der Waals surface area contributed by atoms with Crippen molar-refractivity contribution in [3.8, 4) is 5.75 Å². The van der Waals surface area contributed by atoms with Gasteiger partial charge in [0.15, 0.2) is 5.78 Å².